The average molecular weight is 469 g/mol. The fourth-order valence-corrected chi connectivity index (χ4v) is 4.60. The Hall–Kier alpha value is -2.95. The number of carboxylic acid groups (broad SMARTS) is 1. The number of piperidine rings is 1. The Kier molecular flexibility index (Phi) is 7.17. The van der Waals surface area contributed by atoms with Crippen molar-refractivity contribution in [1.29, 1.82) is 0 Å². The Morgan fingerprint density at radius 3 is 2.41 bits per heavy atom. The number of hydrogen-bond donors (Lipinski definition) is 1. The van der Waals surface area contributed by atoms with E-state index < -0.39 is 12.1 Å². The maximum Gasteiger partial charge on any atom is 0.490 e. The van der Waals surface area contributed by atoms with Gasteiger partial charge in [-0.2, -0.15) is 13.2 Å². The van der Waals surface area contributed by atoms with Crippen molar-refractivity contribution in [2.24, 2.45) is 5.41 Å². The van der Waals surface area contributed by atoms with Crippen LogP contribution in [0.3, 0.4) is 0 Å². The molecule has 4 rings (SSSR count). The second kappa shape index (κ2) is 9.68. The van der Waals surface area contributed by atoms with E-state index in [0.717, 1.165) is 42.9 Å². The number of aliphatic carboxylic acids is 1. The van der Waals surface area contributed by atoms with Gasteiger partial charge in [0.05, 0.1) is 4.88 Å². The first-order valence-corrected chi connectivity index (χ1v) is 10.8. The molecule has 0 aliphatic carbocycles. The summed E-state index contributed by atoms with van der Waals surface area (Å²) in [5.41, 5.74) is 1.10. The average Bonchev–Trinajstić information content (AvgIpc) is 3.38. The summed E-state index contributed by atoms with van der Waals surface area (Å²) in [6.07, 6.45) is 0.894. The van der Waals surface area contributed by atoms with Gasteiger partial charge in [0.25, 0.3) is 5.91 Å². The van der Waals surface area contributed by atoms with Crippen LogP contribution < -0.4 is 0 Å². The largest absolute Gasteiger partial charge is 0.490 e. The molecular formula is C21H22F3N3O4S. The van der Waals surface area contributed by atoms with Crippen LogP contribution in [0.1, 0.15) is 34.5 Å². The molecule has 172 valence electrons. The molecule has 2 aliphatic rings. The summed E-state index contributed by atoms with van der Waals surface area (Å²) in [6, 6.07) is 7.70. The molecule has 32 heavy (non-hydrogen) atoms. The third kappa shape index (κ3) is 5.84. The quantitative estimate of drug-likeness (QED) is 0.744. The second-order valence-corrected chi connectivity index (χ2v) is 8.81. The molecule has 2 saturated heterocycles. The normalized spacial score (nSPS) is 17.8. The number of hydrogen-bond acceptors (Lipinski definition) is 5. The maximum atomic E-state index is 12.5. The van der Waals surface area contributed by atoms with Crippen LogP contribution in [-0.4, -0.2) is 63.5 Å². The van der Waals surface area contributed by atoms with Gasteiger partial charge in [-0.25, -0.2) is 4.79 Å². The predicted molar refractivity (Wildman–Crippen MR) is 110 cm³/mol. The molecule has 11 heteroatoms. The molecular weight excluding hydrogens is 447 g/mol. The van der Waals surface area contributed by atoms with Crippen molar-refractivity contribution in [2.75, 3.05) is 19.6 Å². The molecule has 0 saturated carbocycles. The lowest BCUT2D eigenvalue weighted by molar-refractivity contribution is -0.192. The maximum absolute atomic E-state index is 12.5. The monoisotopic (exact) mass is 469 g/mol. The predicted octanol–water partition coefficient (Wildman–Crippen LogP) is 3.43. The lowest BCUT2D eigenvalue weighted by Crippen LogP contribution is -2.44. The van der Waals surface area contributed by atoms with E-state index in [2.05, 4.69) is 4.98 Å². The van der Waals surface area contributed by atoms with Crippen LogP contribution in [0, 0.1) is 5.41 Å². The Labute approximate surface area is 186 Å². The minimum atomic E-state index is -5.08. The highest BCUT2D eigenvalue weighted by molar-refractivity contribution is 7.12. The van der Waals surface area contributed by atoms with Gasteiger partial charge in [0.15, 0.2) is 0 Å². The number of thiophene rings is 1. The number of nitrogens with zero attached hydrogens (tertiary/aromatic N) is 3. The van der Waals surface area contributed by atoms with Gasteiger partial charge in [0.2, 0.25) is 5.91 Å². The van der Waals surface area contributed by atoms with E-state index in [1.807, 2.05) is 45.6 Å². The first-order valence-electron chi connectivity index (χ1n) is 9.89. The summed E-state index contributed by atoms with van der Waals surface area (Å²) in [5, 5.41) is 9.06. The molecule has 2 aliphatic heterocycles. The van der Waals surface area contributed by atoms with Crippen molar-refractivity contribution in [3.8, 4) is 0 Å². The highest BCUT2D eigenvalue weighted by Crippen LogP contribution is 2.41. The molecule has 0 atom stereocenters. The fraction of sp³-hybridized carbons (Fsp3) is 0.429. The molecule has 0 unspecified atom stereocenters. The Morgan fingerprint density at radius 2 is 1.88 bits per heavy atom. The summed E-state index contributed by atoms with van der Waals surface area (Å²) in [6.45, 7) is 2.91. The zero-order valence-electron chi connectivity index (χ0n) is 17.0. The number of carbonyl (C=O) groups is 3. The number of likely N-dealkylation sites (tertiary alicyclic amines) is 2. The van der Waals surface area contributed by atoms with Crippen LogP contribution in [0.25, 0.3) is 0 Å². The molecule has 2 aromatic rings. The van der Waals surface area contributed by atoms with Crippen molar-refractivity contribution in [1.82, 2.24) is 14.8 Å². The fourth-order valence-electron chi connectivity index (χ4n) is 3.91. The molecule has 2 amide bonds. The summed E-state index contributed by atoms with van der Waals surface area (Å²) in [7, 11) is 0. The van der Waals surface area contributed by atoms with Crippen molar-refractivity contribution in [3.63, 3.8) is 0 Å². The SMILES string of the molecule is O=C(O)C(F)(F)F.O=C1CC2(CCN(C(=O)c3cccs3)CC2)CN1Cc1cccnc1. The van der Waals surface area contributed by atoms with Gasteiger partial charge in [-0.15, -0.1) is 11.3 Å². The number of carbonyl (C=O) groups excluding carboxylic acids is 2. The number of alkyl halides is 3. The first kappa shape index (κ1) is 23.7. The lowest BCUT2D eigenvalue weighted by atomic mass is 9.77. The highest BCUT2D eigenvalue weighted by atomic mass is 32.1. The molecule has 1 spiro atoms. The second-order valence-electron chi connectivity index (χ2n) is 7.86. The molecule has 2 fully saturated rings. The van der Waals surface area contributed by atoms with E-state index in [-0.39, 0.29) is 17.2 Å². The summed E-state index contributed by atoms with van der Waals surface area (Å²) in [5.74, 6) is -2.41. The van der Waals surface area contributed by atoms with Crippen LogP contribution >= 0.6 is 11.3 Å². The van der Waals surface area contributed by atoms with Crippen molar-refractivity contribution in [3.05, 3.63) is 52.5 Å². The van der Waals surface area contributed by atoms with Crippen LogP contribution in [0.4, 0.5) is 13.2 Å². The molecule has 7 nitrogen and oxygen atoms in total. The van der Waals surface area contributed by atoms with Crippen LogP contribution in [0.15, 0.2) is 42.0 Å². The number of amides is 2. The van der Waals surface area contributed by atoms with Gasteiger partial charge in [-0.3, -0.25) is 14.6 Å². The molecule has 0 aromatic carbocycles. The Bertz CT molecular complexity index is 943. The zero-order chi connectivity index (χ0) is 23.4. The minimum Gasteiger partial charge on any atom is -0.475 e. The van der Waals surface area contributed by atoms with Crippen LogP contribution in [0.2, 0.25) is 0 Å². The van der Waals surface area contributed by atoms with E-state index >= 15 is 0 Å². The summed E-state index contributed by atoms with van der Waals surface area (Å²) in [4.78, 5) is 42.7. The smallest absolute Gasteiger partial charge is 0.475 e. The topological polar surface area (TPSA) is 90.8 Å². The standard InChI is InChI=1S/C19H21N3O2S.C2HF3O2/c23-17-11-19(14-22(17)13-15-3-1-7-20-12-15)5-8-21(9-6-19)18(24)16-4-2-10-25-16;3-2(4,5)1(6)7/h1-4,7,10,12H,5-6,8-9,11,13-14H2;(H,6,7). The van der Waals surface area contributed by atoms with Gasteiger partial charge in [0, 0.05) is 50.4 Å². The van der Waals surface area contributed by atoms with Gasteiger partial charge in [-0.05, 0) is 35.9 Å². The number of halogens is 3. The van der Waals surface area contributed by atoms with Crippen molar-refractivity contribution >= 4 is 29.1 Å². The number of carboxylic acids is 1. The number of rotatable bonds is 3. The summed E-state index contributed by atoms with van der Waals surface area (Å²) >= 11 is 1.49. The first-order chi connectivity index (χ1) is 15.1. The Balaban J connectivity index is 0.000000360. The van der Waals surface area contributed by atoms with Crippen LogP contribution in [0.5, 0.6) is 0 Å². The van der Waals surface area contributed by atoms with Crippen molar-refractivity contribution < 1.29 is 32.7 Å². The summed E-state index contributed by atoms with van der Waals surface area (Å²) < 4.78 is 31.7. The van der Waals surface area contributed by atoms with Gasteiger partial charge in [-0.1, -0.05) is 12.1 Å². The van der Waals surface area contributed by atoms with E-state index in [4.69, 9.17) is 9.90 Å². The molecule has 2 aromatic heterocycles. The van der Waals surface area contributed by atoms with Gasteiger partial charge in [0.1, 0.15) is 0 Å². The molecule has 0 radical (unpaired) electrons. The molecule has 1 N–H and O–H groups in total. The van der Waals surface area contributed by atoms with Crippen LogP contribution in [-0.2, 0) is 16.1 Å². The highest BCUT2D eigenvalue weighted by Gasteiger charge is 2.45. The third-order valence-corrected chi connectivity index (χ3v) is 6.45. The Morgan fingerprint density at radius 1 is 1.19 bits per heavy atom. The number of aromatic nitrogens is 1. The molecule has 0 bridgehead atoms. The van der Waals surface area contributed by atoms with Crippen molar-refractivity contribution in [2.45, 2.75) is 32.0 Å². The zero-order valence-corrected chi connectivity index (χ0v) is 17.9. The van der Waals surface area contributed by atoms with Gasteiger partial charge >= 0.3 is 12.1 Å². The van der Waals surface area contributed by atoms with E-state index in [1.165, 1.54) is 11.3 Å². The lowest BCUT2D eigenvalue weighted by Gasteiger charge is -2.38. The van der Waals surface area contributed by atoms with E-state index in [0.29, 0.717) is 13.0 Å². The van der Waals surface area contributed by atoms with E-state index in [9.17, 15) is 22.8 Å². The van der Waals surface area contributed by atoms with E-state index in [1.54, 1.807) is 6.20 Å². The molecule has 4 heterocycles. The van der Waals surface area contributed by atoms with Gasteiger partial charge < -0.3 is 14.9 Å². The number of pyridine rings is 1. The minimum absolute atomic E-state index is 0.0333. The third-order valence-electron chi connectivity index (χ3n) is 5.59.